The number of carbonyl (C=O) groups is 2. The molecule has 118 valence electrons. The molecule has 0 aromatic heterocycles. The van der Waals surface area contributed by atoms with Gasteiger partial charge in [-0.3, -0.25) is 9.69 Å². The summed E-state index contributed by atoms with van der Waals surface area (Å²) in [6.45, 7) is 5.91. The Morgan fingerprint density at radius 1 is 1.20 bits per heavy atom. The number of amides is 1. The van der Waals surface area contributed by atoms with Crippen molar-refractivity contribution in [2.24, 2.45) is 0 Å². The van der Waals surface area contributed by atoms with Crippen molar-refractivity contribution in [1.82, 2.24) is 4.90 Å². The minimum Gasteiger partial charge on any atom is -0.481 e. The van der Waals surface area contributed by atoms with Gasteiger partial charge in [-0.2, -0.15) is 0 Å². The molecule has 0 radical (unpaired) electrons. The molecule has 0 spiro atoms. The van der Waals surface area contributed by atoms with E-state index < -0.39 is 23.7 Å². The van der Waals surface area contributed by atoms with Crippen molar-refractivity contribution in [3.63, 3.8) is 0 Å². The Labute approximate surface area is 119 Å². The molecule has 0 saturated carbocycles. The summed E-state index contributed by atoms with van der Waals surface area (Å²) in [7, 11) is 2.97. The highest BCUT2D eigenvalue weighted by Crippen LogP contribution is 2.14. The highest BCUT2D eigenvalue weighted by molar-refractivity contribution is 5.71. The molecule has 1 atom stereocenters. The number of rotatable bonds is 8. The van der Waals surface area contributed by atoms with Crippen LogP contribution in [0.15, 0.2) is 0 Å². The summed E-state index contributed by atoms with van der Waals surface area (Å²) in [6, 6.07) is -0.595. The molecule has 1 amide bonds. The van der Waals surface area contributed by atoms with Gasteiger partial charge in [0, 0.05) is 20.8 Å². The van der Waals surface area contributed by atoms with Crippen molar-refractivity contribution in [3.8, 4) is 0 Å². The molecular formula is C13H25NO6. The van der Waals surface area contributed by atoms with Gasteiger partial charge in [0.05, 0.1) is 25.7 Å². The first kappa shape index (κ1) is 18.7. The van der Waals surface area contributed by atoms with Gasteiger partial charge in [0.15, 0.2) is 0 Å². The SMILES string of the molecule is COCCN(C(=O)OC(C)(C)C)C(COC)CC(=O)O. The summed E-state index contributed by atoms with van der Waals surface area (Å²) in [5.74, 6) is -1.00. The Bertz CT molecular complexity index is 312. The van der Waals surface area contributed by atoms with Crippen LogP contribution in [0.3, 0.4) is 0 Å². The van der Waals surface area contributed by atoms with Crippen molar-refractivity contribution in [2.45, 2.75) is 38.8 Å². The number of hydrogen-bond donors (Lipinski definition) is 1. The largest absolute Gasteiger partial charge is 0.481 e. The summed E-state index contributed by atoms with van der Waals surface area (Å²) < 4.78 is 15.2. The number of carboxylic acids is 1. The topological polar surface area (TPSA) is 85.3 Å². The molecule has 0 saturated heterocycles. The van der Waals surface area contributed by atoms with Gasteiger partial charge in [-0.15, -0.1) is 0 Å². The van der Waals surface area contributed by atoms with Crippen LogP contribution in [0.4, 0.5) is 4.79 Å². The Balaban J connectivity index is 4.95. The third-order valence-corrected chi connectivity index (χ3v) is 2.37. The number of hydrogen-bond acceptors (Lipinski definition) is 5. The number of aliphatic carboxylic acids is 1. The van der Waals surface area contributed by atoms with E-state index >= 15 is 0 Å². The lowest BCUT2D eigenvalue weighted by molar-refractivity contribution is -0.138. The third-order valence-electron chi connectivity index (χ3n) is 2.37. The highest BCUT2D eigenvalue weighted by atomic mass is 16.6. The first-order chi connectivity index (χ1) is 9.21. The maximum Gasteiger partial charge on any atom is 0.410 e. The third kappa shape index (κ3) is 7.96. The van der Waals surface area contributed by atoms with Crippen molar-refractivity contribution < 1.29 is 28.9 Å². The van der Waals surface area contributed by atoms with Crippen LogP contribution in [0, 0.1) is 0 Å². The predicted molar refractivity (Wildman–Crippen MR) is 72.7 cm³/mol. The molecule has 1 N–H and O–H groups in total. The second kappa shape index (κ2) is 8.76. The van der Waals surface area contributed by atoms with Gasteiger partial charge >= 0.3 is 12.1 Å². The average molecular weight is 291 g/mol. The molecule has 0 aliphatic carbocycles. The molecular weight excluding hydrogens is 266 g/mol. The number of carbonyl (C=O) groups excluding carboxylic acids is 1. The Kier molecular flexibility index (Phi) is 8.17. The smallest absolute Gasteiger partial charge is 0.410 e. The number of methoxy groups -OCH3 is 2. The summed E-state index contributed by atoms with van der Waals surface area (Å²) in [5.41, 5.74) is -0.650. The molecule has 0 fully saturated rings. The maximum atomic E-state index is 12.2. The van der Waals surface area contributed by atoms with Crippen molar-refractivity contribution in [3.05, 3.63) is 0 Å². The van der Waals surface area contributed by atoms with E-state index in [0.29, 0.717) is 6.61 Å². The van der Waals surface area contributed by atoms with Crippen LogP contribution in [-0.4, -0.2) is 67.7 Å². The molecule has 0 heterocycles. The number of nitrogens with zero attached hydrogens (tertiary/aromatic N) is 1. The molecule has 0 aromatic rings. The van der Waals surface area contributed by atoms with Gasteiger partial charge < -0.3 is 19.3 Å². The molecule has 0 rings (SSSR count). The molecule has 0 bridgehead atoms. The number of ether oxygens (including phenoxy) is 3. The fraction of sp³-hybridized carbons (Fsp3) is 0.846. The lowest BCUT2D eigenvalue weighted by Gasteiger charge is -2.32. The van der Waals surface area contributed by atoms with E-state index in [1.807, 2.05) is 0 Å². The van der Waals surface area contributed by atoms with Gasteiger partial charge in [-0.05, 0) is 20.8 Å². The minimum absolute atomic E-state index is 0.120. The van der Waals surface area contributed by atoms with Crippen LogP contribution < -0.4 is 0 Å². The molecule has 0 aromatic carbocycles. The maximum absolute atomic E-state index is 12.2. The van der Waals surface area contributed by atoms with Crippen LogP contribution in [0.5, 0.6) is 0 Å². The van der Waals surface area contributed by atoms with Gasteiger partial charge in [0.2, 0.25) is 0 Å². The van der Waals surface area contributed by atoms with Crippen LogP contribution >= 0.6 is 0 Å². The van der Waals surface area contributed by atoms with E-state index in [1.165, 1.54) is 19.1 Å². The van der Waals surface area contributed by atoms with Crippen LogP contribution in [0.1, 0.15) is 27.2 Å². The molecule has 0 aliphatic heterocycles. The lowest BCUT2D eigenvalue weighted by atomic mass is 10.2. The standard InChI is InChI=1S/C13H25NO6/c1-13(2,3)20-12(17)14(6-7-18-4)10(9-19-5)8-11(15)16/h10H,6-9H2,1-5H3,(H,15,16). The quantitative estimate of drug-likeness (QED) is 0.726. The van der Waals surface area contributed by atoms with Crippen molar-refractivity contribution in [2.75, 3.05) is 34.0 Å². The average Bonchev–Trinajstić information content (AvgIpc) is 2.26. The van der Waals surface area contributed by atoms with E-state index in [2.05, 4.69) is 0 Å². The summed E-state index contributed by atoms with van der Waals surface area (Å²) in [6.07, 6.45) is -0.783. The van der Waals surface area contributed by atoms with E-state index in [-0.39, 0.29) is 19.6 Å². The molecule has 20 heavy (non-hydrogen) atoms. The second-order valence-electron chi connectivity index (χ2n) is 5.37. The van der Waals surface area contributed by atoms with Crippen molar-refractivity contribution >= 4 is 12.1 Å². The normalized spacial score (nSPS) is 12.8. The minimum atomic E-state index is -1.00. The van der Waals surface area contributed by atoms with Crippen LogP contribution in [0.2, 0.25) is 0 Å². The van der Waals surface area contributed by atoms with E-state index in [1.54, 1.807) is 20.8 Å². The number of carboxylic acid groups (broad SMARTS) is 1. The van der Waals surface area contributed by atoms with Gasteiger partial charge in [0.25, 0.3) is 0 Å². The Morgan fingerprint density at radius 2 is 1.80 bits per heavy atom. The molecule has 7 nitrogen and oxygen atoms in total. The second-order valence-corrected chi connectivity index (χ2v) is 5.37. The fourth-order valence-electron chi connectivity index (χ4n) is 1.59. The summed E-state index contributed by atoms with van der Waals surface area (Å²) in [4.78, 5) is 24.4. The zero-order valence-corrected chi connectivity index (χ0v) is 12.8. The van der Waals surface area contributed by atoms with E-state index in [4.69, 9.17) is 19.3 Å². The molecule has 7 heteroatoms. The molecule has 1 unspecified atom stereocenters. The predicted octanol–water partition coefficient (Wildman–Crippen LogP) is 1.36. The lowest BCUT2D eigenvalue weighted by Crippen LogP contribution is -2.47. The van der Waals surface area contributed by atoms with Crippen LogP contribution in [-0.2, 0) is 19.0 Å². The van der Waals surface area contributed by atoms with Crippen molar-refractivity contribution in [1.29, 1.82) is 0 Å². The Morgan fingerprint density at radius 3 is 2.20 bits per heavy atom. The Hall–Kier alpha value is -1.34. The fourth-order valence-corrected chi connectivity index (χ4v) is 1.59. The van der Waals surface area contributed by atoms with Crippen LogP contribution in [0.25, 0.3) is 0 Å². The van der Waals surface area contributed by atoms with Gasteiger partial charge in [0.1, 0.15) is 5.60 Å². The zero-order valence-electron chi connectivity index (χ0n) is 12.8. The summed E-state index contributed by atoms with van der Waals surface area (Å²) >= 11 is 0. The molecule has 0 aliphatic rings. The van der Waals surface area contributed by atoms with Gasteiger partial charge in [-0.25, -0.2) is 4.79 Å². The first-order valence-corrected chi connectivity index (χ1v) is 6.40. The summed E-state index contributed by atoms with van der Waals surface area (Å²) in [5, 5.41) is 8.93. The monoisotopic (exact) mass is 291 g/mol. The zero-order chi connectivity index (χ0) is 15.8. The van der Waals surface area contributed by atoms with Gasteiger partial charge in [-0.1, -0.05) is 0 Å². The first-order valence-electron chi connectivity index (χ1n) is 6.40. The van der Waals surface area contributed by atoms with E-state index in [0.717, 1.165) is 0 Å². The van der Waals surface area contributed by atoms with E-state index in [9.17, 15) is 9.59 Å². The highest BCUT2D eigenvalue weighted by Gasteiger charge is 2.29.